The number of ether oxygens (including phenoxy) is 2. The zero-order chi connectivity index (χ0) is 17.7. The molecule has 132 valence electrons. The quantitative estimate of drug-likeness (QED) is 0.809. The van der Waals surface area contributed by atoms with E-state index in [4.69, 9.17) is 9.47 Å². The van der Waals surface area contributed by atoms with Crippen LogP contribution < -0.4 is 9.47 Å². The lowest BCUT2D eigenvalue weighted by Crippen LogP contribution is -2.37. The molecule has 1 aromatic carbocycles. The number of piperidine rings is 1. The Kier molecular flexibility index (Phi) is 6.06. The lowest BCUT2D eigenvalue weighted by Gasteiger charge is -2.31. The fourth-order valence-corrected chi connectivity index (χ4v) is 3.14. The molecule has 2 rings (SSSR count). The summed E-state index contributed by atoms with van der Waals surface area (Å²) >= 11 is 0. The van der Waals surface area contributed by atoms with Gasteiger partial charge in [-0.15, -0.1) is 0 Å². The third-order valence-electron chi connectivity index (χ3n) is 4.66. The molecule has 1 amide bonds. The molecule has 6 nitrogen and oxygen atoms in total. The minimum atomic E-state index is -0.173. The second kappa shape index (κ2) is 8.04. The van der Waals surface area contributed by atoms with Gasteiger partial charge < -0.3 is 19.5 Å². The zero-order valence-corrected chi connectivity index (χ0v) is 14.5. The summed E-state index contributed by atoms with van der Waals surface area (Å²) in [6.45, 7) is 3.11. The third-order valence-corrected chi connectivity index (χ3v) is 4.66. The summed E-state index contributed by atoms with van der Waals surface area (Å²) in [7, 11) is 2.90. The van der Waals surface area contributed by atoms with Gasteiger partial charge in [-0.1, -0.05) is 0 Å². The van der Waals surface area contributed by atoms with Gasteiger partial charge in [0.05, 0.1) is 19.8 Å². The van der Waals surface area contributed by atoms with E-state index in [2.05, 4.69) is 0 Å². The fourth-order valence-electron chi connectivity index (χ4n) is 3.14. The Morgan fingerprint density at radius 3 is 2.42 bits per heavy atom. The summed E-state index contributed by atoms with van der Waals surface area (Å²) in [4.78, 5) is 25.6. The molecule has 0 spiro atoms. The summed E-state index contributed by atoms with van der Waals surface area (Å²) in [6.07, 6.45) is 2.97. The van der Waals surface area contributed by atoms with Crippen molar-refractivity contribution >= 4 is 11.7 Å². The van der Waals surface area contributed by atoms with Crippen LogP contribution in [0.4, 0.5) is 0 Å². The minimum absolute atomic E-state index is 0.109. The molecule has 0 atom stereocenters. The van der Waals surface area contributed by atoms with E-state index in [0.29, 0.717) is 18.1 Å². The molecule has 1 aromatic rings. The van der Waals surface area contributed by atoms with Crippen molar-refractivity contribution in [3.05, 3.63) is 17.7 Å². The van der Waals surface area contributed by atoms with Crippen LogP contribution in [0.5, 0.6) is 17.2 Å². The van der Waals surface area contributed by atoms with Gasteiger partial charge >= 0.3 is 0 Å². The standard InChI is InChI=1S/C18H25NO5/c1-12(20)19-10-8-13(9-11-19)4-6-15(21)14-5-7-16(23-2)18(24-3)17(14)22/h5,7,13,22H,4,6,8-11H2,1-3H3. The molecule has 1 N–H and O–H groups in total. The predicted octanol–water partition coefficient (Wildman–Crippen LogP) is 2.63. The summed E-state index contributed by atoms with van der Waals surface area (Å²) in [5.74, 6) is 0.837. The van der Waals surface area contributed by atoms with E-state index in [1.54, 1.807) is 19.1 Å². The Balaban J connectivity index is 1.95. The van der Waals surface area contributed by atoms with Crippen molar-refractivity contribution in [1.82, 2.24) is 4.90 Å². The maximum absolute atomic E-state index is 12.4. The van der Waals surface area contributed by atoms with E-state index in [-0.39, 0.29) is 28.8 Å². The molecular weight excluding hydrogens is 310 g/mol. The summed E-state index contributed by atoms with van der Waals surface area (Å²) in [5.41, 5.74) is 0.258. The number of phenolic OH excluding ortho intramolecular Hbond substituents is 1. The molecule has 0 saturated carbocycles. The van der Waals surface area contributed by atoms with E-state index in [1.807, 2.05) is 4.90 Å². The molecule has 1 aliphatic heterocycles. The molecule has 0 unspecified atom stereocenters. The molecule has 1 heterocycles. The number of methoxy groups -OCH3 is 2. The highest BCUT2D eigenvalue weighted by molar-refractivity contribution is 5.99. The second-order valence-electron chi connectivity index (χ2n) is 6.11. The Bertz CT molecular complexity index is 606. The van der Waals surface area contributed by atoms with Crippen LogP contribution >= 0.6 is 0 Å². The average Bonchev–Trinajstić information content (AvgIpc) is 2.59. The third kappa shape index (κ3) is 3.99. The average molecular weight is 335 g/mol. The Hall–Kier alpha value is -2.24. The van der Waals surface area contributed by atoms with Gasteiger partial charge in [-0.2, -0.15) is 0 Å². The van der Waals surface area contributed by atoms with Crippen molar-refractivity contribution < 1.29 is 24.2 Å². The van der Waals surface area contributed by atoms with Crippen LogP contribution in [0.2, 0.25) is 0 Å². The molecule has 0 aliphatic carbocycles. The van der Waals surface area contributed by atoms with E-state index >= 15 is 0 Å². The molecule has 1 aliphatic rings. The SMILES string of the molecule is COc1ccc(C(=O)CCC2CCN(C(C)=O)CC2)c(O)c1OC. The first-order valence-electron chi connectivity index (χ1n) is 8.20. The smallest absolute Gasteiger partial charge is 0.219 e. The molecular formula is C18H25NO5. The molecule has 0 radical (unpaired) electrons. The van der Waals surface area contributed by atoms with Gasteiger partial charge in [-0.25, -0.2) is 0 Å². The van der Waals surface area contributed by atoms with Crippen molar-refractivity contribution in [2.75, 3.05) is 27.3 Å². The summed E-state index contributed by atoms with van der Waals surface area (Å²) < 4.78 is 10.2. The molecule has 0 bridgehead atoms. The maximum atomic E-state index is 12.4. The van der Waals surface area contributed by atoms with Gasteiger partial charge in [-0.05, 0) is 37.3 Å². The first-order valence-corrected chi connectivity index (χ1v) is 8.20. The number of nitrogens with zero attached hydrogens (tertiary/aromatic N) is 1. The van der Waals surface area contributed by atoms with Crippen molar-refractivity contribution in [2.24, 2.45) is 5.92 Å². The van der Waals surface area contributed by atoms with Crippen molar-refractivity contribution in [3.8, 4) is 17.2 Å². The van der Waals surface area contributed by atoms with E-state index in [1.165, 1.54) is 14.2 Å². The number of aromatic hydroxyl groups is 1. The van der Waals surface area contributed by atoms with Crippen LogP contribution in [0.25, 0.3) is 0 Å². The molecule has 6 heteroatoms. The Labute approximate surface area is 142 Å². The number of carbonyl (C=O) groups excluding carboxylic acids is 2. The number of rotatable bonds is 6. The van der Waals surface area contributed by atoms with Crippen LogP contribution in [-0.4, -0.2) is 49.0 Å². The van der Waals surface area contributed by atoms with Crippen molar-refractivity contribution in [3.63, 3.8) is 0 Å². The summed E-state index contributed by atoms with van der Waals surface area (Å²) in [5, 5.41) is 10.2. The topological polar surface area (TPSA) is 76.1 Å². The van der Waals surface area contributed by atoms with Gasteiger partial charge in [0.1, 0.15) is 0 Å². The lowest BCUT2D eigenvalue weighted by molar-refractivity contribution is -0.130. The van der Waals surface area contributed by atoms with E-state index < -0.39 is 0 Å². The predicted molar refractivity (Wildman–Crippen MR) is 89.8 cm³/mol. The maximum Gasteiger partial charge on any atom is 0.219 e. The normalized spacial score (nSPS) is 15.2. The zero-order valence-electron chi connectivity index (χ0n) is 14.5. The van der Waals surface area contributed by atoms with Crippen LogP contribution in [0, 0.1) is 5.92 Å². The Morgan fingerprint density at radius 1 is 1.21 bits per heavy atom. The fraction of sp³-hybridized carbons (Fsp3) is 0.556. The molecule has 1 saturated heterocycles. The number of amides is 1. The number of ketones is 1. The highest BCUT2D eigenvalue weighted by atomic mass is 16.5. The van der Waals surface area contributed by atoms with Crippen LogP contribution in [0.15, 0.2) is 12.1 Å². The van der Waals surface area contributed by atoms with Gasteiger partial charge in [0.2, 0.25) is 11.7 Å². The first-order chi connectivity index (χ1) is 11.5. The number of hydrogen-bond acceptors (Lipinski definition) is 5. The van der Waals surface area contributed by atoms with Gasteiger partial charge in [-0.3, -0.25) is 9.59 Å². The van der Waals surface area contributed by atoms with Gasteiger partial charge in [0, 0.05) is 26.4 Å². The molecule has 1 fully saturated rings. The highest BCUT2D eigenvalue weighted by Gasteiger charge is 2.23. The number of hydrogen-bond donors (Lipinski definition) is 1. The Morgan fingerprint density at radius 2 is 1.88 bits per heavy atom. The van der Waals surface area contributed by atoms with Crippen molar-refractivity contribution in [2.45, 2.75) is 32.6 Å². The lowest BCUT2D eigenvalue weighted by atomic mass is 9.90. The number of likely N-dealkylation sites (tertiary alicyclic amines) is 1. The highest BCUT2D eigenvalue weighted by Crippen LogP contribution is 2.39. The van der Waals surface area contributed by atoms with Crippen molar-refractivity contribution in [1.29, 1.82) is 0 Å². The number of benzene rings is 1. The van der Waals surface area contributed by atoms with E-state index in [9.17, 15) is 14.7 Å². The minimum Gasteiger partial charge on any atom is -0.504 e. The molecule has 0 aromatic heterocycles. The largest absolute Gasteiger partial charge is 0.504 e. The monoisotopic (exact) mass is 335 g/mol. The van der Waals surface area contributed by atoms with Gasteiger partial charge in [0.25, 0.3) is 0 Å². The first kappa shape index (κ1) is 18.1. The van der Waals surface area contributed by atoms with Crippen LogP contribution in [0.1, 0.15) is 43.0 Å². The number of Topliss-reactive ketones (excluding diaryl/α,β-unsaturated/α-hetero) is 1. The van der Waals surface area contributed by atoms with E-state index in [0.717, 1.165) is 32.4 Å². The molecule has 24 heavy (non-hydrogen) atoms. The number of carbonyl (C=O) groups is 2. The van der Waals surface area contributed by atoms with Crippen LogP contribution in [0.3, 0.4) is 0 Å². The second-order valence-corrected chi connectivity index (χ2v) is 6.11. The van der Waals surface area contributed by atoms with Crippen LogP contribution in [-0.2, 0) is 4.79 Å². The number of phenols is 1. The van der Waals surface area contributed by atoms with Gasteiger partial charge in [0.15, 0.2) is 17.3 Å². The summed E-state index contributed by atoms with van der Waals surface area (Å²) in [6, 6.07) is 3.19.